The summed E-state index contributed by atoms with van der Waals surface area (Å²) in [6.07, 6.45) is 8.05. The zero-order valence-electron chi connectivity index (χ0n) is 15.8. The third kappa shape index (κ3) is 4.47. The van der Waals surface area contributed by atoms with Crippen LogP contribution in [0.15, 0.2) is 55.0 Å². The molecule has 150 valence electrons. The highest BCUT2D eigenvalue weighted by atomic mass is 19.4. The van der Waals surface area contributed by atoms with Gasteiger partial charge in [-0.15, -0.1) is 0 Å². The number of halogens is 3. The normalized spacial score (nSPS) is 16.8. The predicted octanol–water partition coefficient (Wildman–Crippen LogP) is 5.69. The van der Waals surface area contributed by atoms with Crippen LogP contribution in [0.4, 0.5) is 24.8 Å². The molecule has 0 fully saturated rings. The molecule has 2 aromatic heterocycles. The number of alkyl halides is 3. The van der Waals surface area contributed by atoms with E-state index in [1.165, 1.54) is 0 Å². The molecule has 1 aliphatic carbocycles. The van der Waals surface area contributed by atoms with Gasteiger partial charge in [-0.2, -0.15) is 18.3 Å². The summed E-state index contributed by atoms with van der Waals surface area (Å²) in [7, 11) is 0. The number of aromatic nitrogens is 4. The minimum absolute atomic E-state index is 0.0978. The number of rotatable bonds is 4. The van der Waals surface area contributed by atoms with Crippen molar-refractivity contribution in [2.75, 3.05) is 5.32 Å². The zero-order valence-corrected chi connectivity index (χ0v) is 15.8. The maximum atomic E-state index is 12.9. The van der Waals surface area contributed by atoms with Crippen LogP contribution in [0, 0.1) is 6.92 Å². The Morgan fingerprint density at radius 2 is 2.03 bits per heavy atom. The third-order valence-corrected chi connectivity index (χ3v) is 4.78. The first-order chi connectivity index (χ1) is 13.9. The Morgan fingerprint density at radius 1 is 1.17 bits per heavy atom. The van der Waals surface area contributed by atoms with Crippen LogP contribution in [-0.4, -0.2) is 19.7 Å². The SMILES string of the molecule is Cc1cc(Nc2nccc(C(F)(F)F)n2)cc(-c2cnn(C3C=CCCC3)c2)c1. The highest BCUT2D eigenvalue weighted by molar-refractivity contribution is 5.70. The number of nitrogens with one attached hydrogen (secondary N) is 1. The Bertz CT molecular complexity index is 1040. The molecule has 0 bridgehead atoms. The fraction of sp³-hybridized carbons (Fsp3) is 0.286. The highest BCUT2D eigenvalue weighted by Gasteiger charge is 2.32. The summed E-state index contributed by atoms with van der Waals surface area (Å²) in [5, 5.41) is 7.37. The van der Waals surface area contributed by atoms with Crippen LogP contribution in [0.2, 0.25) is 0 Å². The first kappa shape index (κ1) is 19.2. The molecule has 0 saturated carbocycles. The second-order valence-electron chi connectivity index (χ2n) is 7.11. The Morgan fingerprint density at radius 3 is 2.79 bits per heavy atom. The molecule has 1 aromatic carbocycles. The van der Waals surface area contributed by atoms with E-state index in [0.29, 0.717) is 5.69 Å². The van der Waals surface area contributed by atoms with Crippen LogP contribution in [0.5, 0.6) is 0 Å². The van der Waals surface area contributed by atoms with Crippen molar-refractivity contribution in [1.29, 1.82) is 0 Å². The van der Waals surface area contributed by atoms with Crippen LogP contribution in [-0.2, 0) is 6.18 Å². The molecule has 5 nitrogen and oxygen atoms in total. The summed E-state index contributed by atoms with van der Waals surface area (Å²) in [5.74, 6) is -0.0978. The van der Waals surface area contributed by atoms with Gasteiger partial charge in [0.05, 0.1) is 12.2 Å². The number of nitrogens with zero attached hydrogens (tertiary/aromatic N) is 4. The van der Waals surface area contributed by atoms with Crippen LogP contribution in [0.1, 0.15) is 36.6 Å². The summed E-state index contributed by atoms with van der Waals surface area (Å²) in [4.78, 5) is 7.46. The van der Waals surface area contributed by atoms with E-state index in [1.54, 1.807) is 0 Å². The molecule has 4 rings (SSSR count). The highest BCUT2D eigenvalue weighted by Crippen LogP contribution is 2.30. The lowest BCUT2D eigenvalue weighted by Crippen LogP contribution is -2.10. The summed E-state index contributed by atoms with van der Waals surface area (Å²) in [6, 6.07) is 6.81. The maximum Gasteiger partial charge on any atom is 0.433 e. The standard InChI is InChI=1S/C21H20F3N5/c1-14-9-15(16-12-26-29(13-16)18-5-3-2-4-6-18)11-17(10-14)27-20-25-8-7-19(28-20)21(22,23)24/h3,5,7-13,18H,2,4,6H2,1H3,(H,25,27,28). The van der Waals surface area contributed by atoms with E-state index >= 15 is 0 Å². The number of benzene rings is 1. The second kappa shape index (κ2) is 7.69. The lowest BCUT2D eigenvalue weighted by atomic mass is 10.0. The van der Waals surface area contributed by atoms with Crippen molar-refractivity contribution in [3.8, 4) is 11.1 Å². The lowest BCUT2D eigenvalue weighted by Gasteiger charge is -2.16. The van der Waals surface area contributed by atoms with E-state index in [4.69, 9.17) is 0 Å². The number of aryl methyl sites for hydroxylation is 1. The van der Waals surface area contributed by atoms with Crippen LogP contribution >= 0.6 is 0 Å². The molecule has 1 unspecified atom stereocenters. The number of hydrogen-bond donors (Lipinski definition) is 1. The molecule has 0 radical (unpaired) electrons. The van der Waals surface area contributed by atoms with Crippen LogP contribution in [0.25, 0.3) is 11.1 Å². The first-order valence-corrected chi connectivity index (χ1v) is 9.39. The average molecular weight is 399 g/mol. The van der Waals surface area contributed by atoms with E-state index in [1.807, 2.05) is 42.2 Å². The molecule has 0 aliphatic heterocycles. The summed E-state index contributed by atoms with van der Waals surface area (Å²) in [5.41, 5.74) is 2.46. The molecule has 3 aromatic rings. The molecule has 2 heterocycles. The van der Waals surface area contributed by atoms with Crippen LogP contribution < -0.4 is 5.32 Å². The summed E-state index contributed by atoms with van der Waals surface area (Å²) >= 11 is 0. The van der Waals surface area contributed by atoms with E-state index in [-0.39, 0.29) is 12.0 Å². The van der Waals surface area contributed by atoms with Crippen molar-refractivity contribution >= 4 is 11.6 Å². The molecule has 0 amide bonds. The molecule has 0 saturated heterocycles. The lowest BCUT2D eigenvalue weighted by molar-refractivity contribution is -0.141. The van der Waals surface area contributed by atoms with E-state index in [9.17, 15) is 13.2 Å². The molecule has 1 N–H and O–H groups in total. The van der Waals surface area contributed by atoms with Gasteiger partial charge in [0.25, 0.3) is 0 Å². The summed E-state index contributed by atoms with van der Waals surface area (Å²) in [6.45, 7) is 1.93. The first-order valence-electron chi connectivity index (χ1n) is 9.39. The largest absolute Gasteiger partial charge is 0.433 e. The monoisotopic (exact) mass is 399 g/mol. The van der Waals surface area contributed by atoms with Gasteiger partial charge in [0.2, 0.25) is 5.95 Å². The van der Waals surface area contributed by atoms with Crippen LogP contribution in [0.3, 0.4) is 0 Å². The fourth-order valence-corrected chi connectivity index (χ4v) is 3.41. The quantitative estimate of drug-likeness (QED) is 0.573. The van der Waals surface area contributed by atoms with Gasteiger partial charge in [-0.3, -0.25) is 4.68 Å². The third-order valence-electron chi connectivity index (χ3n) is 4.78. The maximum absolute atomic E-state index is 12.9. The molecular formula is C21H20F3N5. The molecule has 0 spiro atoms. The molecule has 29 heavy (non-hydrogen) atoms. The Labute approximate surface area is 166 Å². The average Bonchev–Trinajstić information content (AvgIpc) is 3.18. The van der Waals surface area contributed by atoms with E-state index < -0.39 is 11.9 Å². The van der Waals surface area contributed by atoms with Gasteiger partial charge in [0, 0.05) is 23.6 Å². The molecule has 8 heteroatoms. The van der Waals surface area contributed by atoms with Crippen molar-refractivity contribution in [3.05, 3.63) is 66.3 Å². The van der Waals surface area contributed by atoms with Gasteiger partial charge >= 0.3 is 6.18 Å². The van der Waals surface area contributed by atoms with Gasteiger partial charge in [-0.25, -0.2) is 9.97 Å². The molecular weight excluding hydrogens is 379 g/mol. The zero-order chi connectivity index (χ0) is 20.4. The van der Waals surface area contributed by atoms with Crippen molar-refractivity contribution < 1.29 is 13.2 Å². The molecule has 1 aliphatic rings. The predicted molar refractivity (Wildman–Crippen MR) is 105 cm³/mol. The van der Waals surface area contributed by atoms with Crippen molar-refractivity contribution in [1.82, 2.24) is 19.7 Å². The Kier molecular flexibility index (Phi) is 5.08. The second-order valence-corrected chi connectivity index (χ2v) is 7.11. The number of anilines is 2. The summed E-state index contributed by atoms with van der Waals surface area (Å²) < 4.78 is 40.6. The van der Waals surface area contributed by atoms with Gasteiger partial charge in [0.15, 0.2) is 0 Å². The van der Waals surface area contributed by atoms with Gasteiger partial charge in [0.1, 0.15) is 5.69 Å². The minimum atomic E-state index is -4.51. The van der Waals surface area contributed by atoms with Crippen molar-refractivity contribution in [3.63, 3.8) is 0 Å². The van der Waals surface area contributed by atoms with Crippen molar-refractivity contribution in [2.24, 2.45) is 0 Å². The number of allylic oxidation sites excluding steroid dienone is 2. The fourth-order valence-electron chi connectivity index (χ4n) is 3.41. The molecule has 1 atom stereocenters. The van der Waals surface area contributed by atoms with Gasteiger partial charge in [-0.05, 0) is 55.5 Å². The van der Waals surface area contributed by atoms with E-state index in [2.05, 4.69) is 32.5 Å². The number of hydrogen-bond acceptors (Lipinski definition) is 4. The Hall–Kier alpha value is -3.16. The van der Waals surface area contributed by atoms with Gasteiger partial charge in [-0.1, -0.05) is 18.2 Å². The van der Waals surface area contributed by atoms with E-state index in [0.717, 1.165) is 48.2 Å². The Balaban J connectivity index is 1.59. The minimum Gasteiger partial charge on any atom is -0.324 e. The van der Waals surface area contributed by atoms with Crippen molar-refractivity contribution in [2.45, 2.75) is 38.4 Å². The topological polar surface area (TPSA) is 55.6 Å². The smallest absolute Gasteiger partial charge is 0.324 e. The van der Waals surface area contributed by atoms with Gasteiger partial charge < -0.3 is 5.32 Å².